The average Bonchev–Trinajstić information content (AvgIpc) is 3.08. The highest BCUT2D eigenvalue weighted by molar-refractivity contribution is 6.31. The summed E-state index contributed by atoms with van der Waals surface area (Å²) in [5, 5.41) is 7.39. The molecule has 114 valence electrons. The highest BCUT2D eigenvalue weighted by Gasteiger charge is 2.61. The number of oxime groups is 1. The van der Waals surface area contributed by atoms with Gasteiger partial charge in [0.15, 0.2) is 0 Å². The first-order valence-electron chi connectivity index (χ1n) is 7.13. The number of imide groups is 1. The maximum absolute atomic E-state index is 12.9. The van der Waals surface area contributed by atoms with Gasteiger partial charge in [-0.15, -0.1) is 0 Å². The van der Waals surface area contributed by atoms with E-state index in [-0.39, 0.29) is 17.9 Å². The van der Waals surface area contributed by atoms with Crippen LogP contribution in [-0.2, 0) is 9.63 Å². The lowest BCUT2D eigenvalue weighted by Crippen LogP contribution is -2.45. The van der Waals surface area contributed by atoms with E-state index in [1.165, 1.54) is 4.90 Å². The lowest BCUT2D eigenvalue weighted by Gasteiger charge is -2.21. The van der Waals surface area contributed by atoms with Crippen molar-refractivity contribution in [2.45, 2.75) is 31.4 Å². The first kappa shape index (κ1) is 13.6. The van der Waals surface area contributed by atoms with Gasteiger partial charge >= 0.3 is 6.03 Å². The Balaban J connectivity index is 1.66. The highest BCUT2D eigenvalue weighted by atomic mass is 35.5. The minimum Gasteiger partial charge on any atom is -0.392 e. The van der Waals surface area contributed by atoms with Gasteiger partial charge < -0.3 is 10.2 Å². The van der Waals surface area contributed by atoms with Gasteiger partial charge in [-0.3, -0.25) is 4.79 Å². The van der Waals surface area contributed by atoms with Crippen LogP contribution in [0.4, 0.5) is 10.5 Å². The van der Waals surface area contributed by atoms with E-state index < -0.39 is 11.6 Å². The van der Waals surface area contributed by atoms with Gasteiger partial charge in [0.2, 0.25) is 0 Å². The number of carbonyl (C=O) groups is 2. The van der Waals surface area contributed by atoms with Crippen LogP contribution < -0.4 is 10.2 Å². The Hall–Kier alpha value is -2.08. The summed E-state index contributed by atoms with van der Waals surface area (Å²) in [7, 11) is 0. The summed E-state index contributed by atoms with van der Waals surface area (Å²) in [6, 6.07) is 6.24. The largest absolute Gasteiger partial charge is 0.392 e. The molecule has 1 aromatic rings. The number of halogens is 1. The van der Waals surface area contributed by atoms with E-state index in [0.29, 0.717) is 23.6 Å². The van der Waals surface area contributed by atoms with Crippen molar-refractivity contribution in [1.29, 1.82) is 0 Å². The molecule has 1 saturated heterocycles. The molecule has 1 spiro atoms. The van der Waals surface area contributed by atoms with Crippen LogP contribution in [0.2, 0.25) is 5.02 Å². The predicted octanol–water partition coefficient (Wildman–Crippen LogP) is 2.32. The number of hydrogen-bond donors (Lipinski definition) is 1. The van der Waals surface area contributed by atoms with E-state index in [0.717, 1.165) is 5.71 Å². The van der Waals surface area contributed by atoms with Gasteiger partial charge in [0.05, 0.1) is 11.4 Å². The number of nitrogens with one attached hydrogen (secondary N) is 1. The predicted molar refractivity (Wildman–Crippen MR) is 80.9 cm³/mol. The van der Waals surface area contributed by atoms with Crippen LogP contribution in [0.1, 0.15) is 19.8 Å². The first-order valence-corrected chi connectivity index (χ1v) is 7.50. The van der Waals surface area contributed by atoms with E-state index >= 15 is 0 Å². The van der Waals surface area contributed by atoms with Crippen LogP contribution in [0.3, 0.4) is 0 Å². The number of amides is 3. The molecular formula is C15H14ClN3O3. The molecule has 0 bridgehead atoms. The van der Waals surface area contributed by atoms with E-state index in [1.54, 1.807) is 24.3 Å². The Kier molecular flexibility index (Phi) is 2.75. The molecule has 0 unspecified atom stereocenters. The topological polar surface area (TPSA) is 71.0 Å². The fraction of sp³-hybridized carbons (Fsp3) is 0.400. The fourth-order valence-corrected chi connectivity index (χ4v) is 3.67. The summed E-state index contributed by atoms with van der Waals surface area (Å²) in [5.41, 5.74) is 0.518. The van der Waals surface area contributed by atoms with Crippen LogP contribution >= 0.6 is 11.6 Å². The minimum absolute atomic E-state index is 0.0921. The molecule has 1 saturated carbocycles. The molecule has 2 aliphatic heterocycles. The van der Waals surface area contributed by atoms with Gasteiger partial charge in [-0.25, -0.2) is 9.69 Å². The maximum Gasteiger partial charge on any atom is 0.329 e. The van der Waals surface area contributed by atoms with Crippen molar-refractivity contribution in [3.63, 3.8) is 0 Å². The Morgan fingerprint density at radius 1 is 1.32 bits per heavy atom. The van der Waals surface area contributed by atoms with Crippen molar-refractivity contribution in [1.82, 2.24) is 5.32 Å². The molecule has 1 N–H and O–H groups in total. The normalized spacial score (nSPS) is 33.0. The van der Waals surface area contributed by atoms with Crippen molar-refractivity contribution < 1.29 is 14.4 Å². The second-order valence-electron chi connectivity index (χ2n) is 6.02. The number of nitrogens with zero attached hydrogens (tertiary/aromatic N) is 2. The lowest BCUT2D eigenvalue weighted by atomic mass is 9.94. The number of urea groups is 1. The van der Waals surface area contributed by atoms with E-state index in [1.807, 2.05) is 6.92 Å². The number of rotatable bonds is 1. The number of carbonyl (C=O) groups excluding carboxylic acids is 2. The van der Waals surface area contributed by atoms with Gasteiger partial charge in [-0.2, -0.15) is 0 Å². The zero-order valence-electron chi connectivity index (χ0n) is 11.9. The summed E-state index contributed by atoms with van der Waals surface area (Å²) in [6.07, 6.45) is 0.851. The molecule has 3 atom stereocenters. The molecule has 7 heteroatoms. The molecule has 0 aromatic heterocycles. The van der Waals surface area contributed by atoms with Crippen LogP contribution in [-0.4, -0.2) is 29.3 Å². The minimum atomic E-state index is -0.886. The number of hydrogen-bond acceptors (Lipinski definition) is 4. The molecule has 2 heterocycles. The van der Waals surface area contributed by atoms with Crippen LogP contribution in [0.25, 0.3) is 0 Å². The number of fused-ring (bicyclic) bond motifs is 1. The van der Waals surface area contributed by atoms with Crippen molar-refractivity contribution in [3.8, 4) is 0 Å². The second-order valence-corrected chi connectivity index (χ2v) is 6.46. The Morgan fingerprint density at radius 3 is 2.73 bits per heavy atom. The number of anilines is 1. The zero-order valence-corrected chi connectivity index (χ0v) is 12.6. The Labute approximate surface area is 132 Å². The standard InChI is InChI=1S/C15H14ClN3O3/c1-8-11-6-15(7-12(11)22-18-8)13(20)19(14(21)17-15)10-4-2-9(16)3-5-10/h2-5,11-12H,6-7H2,1H3,(H,17,21)/t11-,12-,15-/m0/s1. The van der Waals surface area contributed by atoms with Crippen molar-refractivity contribution in [2.75, 3.05) is 4.90 Å². The molecule has 3 amide bonds. The summed E-state index contributed by atoms with van der Waals surface area (Å²) >= 11 is 5.86. The SMILES string of the molecule is CC1=NO[C@H]2C[C@]3(C[C@@H]12)NC(=O)N(c1ccc(Cl)cc1)C3=O. The summed E-state index contributed by atoms with van der Waals surface area (Å²) < 4.78 is 0. The molecule has 4 rings (SSSR count). The third-order valence-electron chi connectivity index (χ3n) is 4.68. The van der Waals surface area contributed by atoms with Gasteiger partial charge in [0.1, 0.15) is 11.6 Å². The molecule has 1 aliphatic carbocycles. The first-order chi connectivity index (χ1) is 10.5. The van der Waals surface area contributed by atoms with Crippen molar-refractivity contribution in [3.05, 3.63) is 29.3 Å². The summed E-state index contributed by atoms with van der Waals surface area (Å²) in [4.78, 5) is 31.7. The van der Waals surface area contributed by atoms with Crippen molar-refractivity contribution >= 4 is 34.9 Å². The zero-order chi connectivity index (χ0) is 15.5. The molecular weight excluding hydrogens is 306 g/mol. The Bertz CT molecular complexity index is 702. The van der Waals surface area contributed by atoms with Crippen LogP contribution in [0.15, 0.2) is 29.4 Å². The van der Waals surface area contributed by atoms with Crippen LogP contribution in [0.5, 0.6) is 0 Å². The molecule has 2 fully saturated rings. The average molecular weight is 320 g/mol. The molecule has 0 radical (unpaired) electrons. The van der Waals surface area contributed by atoms with Gasteiger partial charge in [-0.05, 0) is 37.6 Å². The van der Waals surface area contributed by atoms with E-state index in [2.05, 4.69) is 10.5 Å². The molecule has 1 aromatic carbocycles. The lowest BCUT2D eigenvalue weighted by molar-refractivity contribution is -0.122. The monoisotopic (exact) mass is 319 g/mol. The van der Waals surface area contributed by atoms with Crippen molar-refractivity contribution in [2.24, 2.45) is 11.1 Å². The fourth-order valence-electron chi connectivity index (χ4n) is 3.54. The molecule has 6 nitrogen and oxygen atoms in total. The second kappa shape index (κ2) is 4.46. The smallest absolute Gasteiger partial charge is 0.329 e. The van der Waals surface area contributed by atoms with Gasteiger partial charge in [0.25, 0.3) is 5.91 Å². The van der Waals surface area contributed by atoms with Gasteiger partial charge in [0, 0.05) is 17.4 Å². The highest BCUT2D eigenvalue weighted by Crippen LogP contribution is 2.44. The molecule has 22 heavy (non-hydrogen) atoms. The number of benzene rings is 1. The van der Waals surface area contributed by atoms with Crippen LogP contribution in [0, 0.1) is 5.92 Å². The third kappa shape index (κ3) is 1.76. The van der Waals surface area contributed by atoms with E-state index in [4.69, 9.17) is 16.4 Å². The van der Waals surface area contributed by atoms with Gasteiger partial charge in [-0.1, -0.05) is 16.8 Å². The summed E-state index contributed by atoms with van der Waals surface area (Å²) in [5.74, 6) is -0.139. The third-order valence-corrected chi connectivity index (χ3v) is 4.93. The van der Waals surface area contributed by atoms with E-state index in [9.17, 15) is 9.59 Å². The Morgan fingerprint density at radius 2 is 2.05 bits per heavy atom. The molecule has 3 aliphatic rings. The maximum atomic E-state index is 12.9. The quantitative estimate of drug-likeness (QED) is 0.807. The summed E-state index contributed by atoms with van der Waals surface area (Å²) in [6.45, 7) is 1.89.